The summed E-state index contributed by atoms with van der Waals surface area (Å²) >= 11 is 0. The van der Waals surface area contributed by atoms with Gasteiger partial charge >= 0.3 is 0 Å². The SMILES string of the molecule is COc1ccc([C@H](CNC(=O)COc2ccc(C(C)C)cc2)N2CCCCCC2)cc1. The maximum absolute atomic E-state index is 12.5. The molecule has 1 aliphatic rings. The Hall–Kier alpha value is -2.53. The van der Waals surface area contributed by atoms with Crippen LogP contribution in [-0.4, -0.2) is 44.2 Å². The summed E-state index contributed by atoms with van der Waals surface area (Å²) in [6, 6.07) is 16.3. The number of carbonyl (C=O) groups excluding carboxylic acids is 1. The van der Waals surface area contributed by atoms with Gasteiger partial charge in [-0.15, -0.1) is 0 Å². The van der Waals surface area contributed by atoms with E-state index in [2.05, 4.69) is 48.3 Å². The van der Waals surface area contributed by atoms with Gasteiger partial charge in [0, 0.05) is 6.54 Å². The van der Waals surface area contributed by atoms with Crippen molar-refractivity contribution < 1.29 is 14.3 Å². The Kier molecular flexibility index (Phi) is 8.77. The van der Waals surface area contributed by atoms with Crippen LogP contribution in [0.15, 0.2) is 48.5 Å². The average molecular weight is 425 g/mol. The summed E-state index contributed by atoms with van der Waals surface area (Å²) in [5.41, 5.74) is 2.46. The minimum atomic E-state index is -0.0960. The molecule has 0 aromatic heterocycles. The van der Waals surface area contributed by atoms with E-state index in [1.165, 1.54) is 36.8 Å². The number of benzene rings is 2. The number of nitrogens with zero attached hydrogens (tertiary/aromatic N) is 1. The van der Waals surface area contributed by atoms with E-state index >= 15 is 0 Å². The molecule has 5 heteroatoms. The first-order chi connectivity index (χ1) is 15.1. The monoisotopic (exact) mass is 424 g/mol. The minimum Gasteiger partial charge on any atom is -0.497 e. The van der Waals surface area contributed by atoms with Gasteiger partial charge in [0.15, 0.2) is 6.61 Å². The molecule has 1 saturated heterocycles. The lowest BCUT2D eigenvalue weighted by Crippen LogP contribution is -2.40. The summed E-state index contributed by atoms with van der Waals surface area (Å²) in [5.74, 6) is 1.95. The molecule has 0 bridgehead atoms. The molecular weight excluding hydrogens is 388 g/mol. The lowest BCUT2D eigenvalue weighted by atomic mass is 10.0. The predicted octanol–water partition coefficient (Wildman–Crippen LogP) is 4.93. The number of ether oxygens (including phenoxy) is 2. The van der Waals surface area contributed by atoms with Crippen molar-refractivity contribution >= 4 is 5.91 Å². The summed E-state index contributed by atoms with van der Waals surface area (Å²) in [6.45, 7) is 7.04. The molecule has 1 aliphatic heterocycles. The van der Waals surface area contributed by atoms with Gasteiger partial charge in [-0.1, -0.05) is 51.0 Å². The van der Waals surface area contributed by atoms with Gasteiger partial charge in [-0.3, -0.25) is 9.69 Å². The first-order valence-corrected chi connectivity index (χ1v) is 11.4. The highest BCUT2D eigenvalue weighted by Crippen LogP contribution is 2.25. The van der Waals surface area contributed by atoms with Crippen LogP contribution >= 0.6 is 0 Å². The van der Waals surface area contributed by atoms with E-state index in [9.17, 15) is 4.79 Å². The van der Waals surface area contributed by atoms with E-state index in [4.69, 9.17) is 9.47 Å². The van der Waals surface area contributed by atoms with Crippen molar-refractivity contribution in [3.63, 3.8) is 0 Å². The Morgan fingerprint density at radius 1 is 0.903 bits per heavy atom. The number of likely N-dealkylation sites (tertiary alicyclic amines) is 1. The zero-order chi connectivity index (χ0) is 22.1. The third-order valence-corrected chi connectivity index (χ3v) is 5.99. The lowest BCUT2D eigenvalue weighted by Gasteiger charge is -2.31. The van der Waals surface area contributed by atoms with Crippen LogP contribution in [0.2, 0.25) is 0 Å². The Bertz CT molecular complexity index is 794. The molecule has 2 aromatic carbocycles. The topological polar surface area (TPSA) is 50.8 Å². The van der Waals surface area contributed by atoms with Gasteiger partial charge in [0.25, 0.3) is 5.91 Å². The molecule has 168 valence electrons. The highest BCUT2D eigenvalue weighted by molar-refractivity contribution is 5.77. The zero-order valence-electron chi connectivity index (χ0n) is 19.1. The van der Waals surface area contributed by atoms with E-state index < -0.39 is 0 Å². The normalized spacial score (nSPS) is 15.9. The van der Waals surface area contributed by atoms with Crippen molar-refractivity contribution in [2.24, 2.45) is 0 Å². The fourth-order valence-electron chi connectivity index (χ4n) is 4.05. The molecule has 0 radical (unpaired) electrons. The van der Waals surface area contributed by atoms with Crippen LogP contribution in [0.1, 0.15) is 62.6 Å². The van der Waals surface area contributed by atoms with Gasteiger partial charge in [0.1, 0.15) is 11.5 Å². The average Bonchev–Trinajstić information content (AvgIpc) is 3.08. The van der Waals surface area contributed by atoms with Gasteiger partial charge in [-0.25, -0.2) is 0 Å². The number of rotatable bonds is 9. The minimum absolute atomic E-state index is 0.0242. The van der Waals surface area contributed by atoms with E-state index in [0.717, 1.165) is 24.6 Å². The molecule has 1 N–H and O–H groups in total. The number of amides is 1. The molecule has 1 amide bonds. The van der Waals surface area contributed by atoms with Crippen LogP contribution < -0.4 is 14.8 Å². The number of carbonyl (C=O) groups is 1. The molecule has 0 saturated carbocycles. The largest absolute Gasteiger partial charge is 0.497 e. The van der Waals surface area contributed by atoms with E-state index in [-0.39, 0.29) is 18.6 Å². The van der Waals surface area contributed by atoms with E-state index in [0.29, 0.717) is 12.5 Å². The smallest absolute Gasteiger partial charge is 0.258 e. The highest BCUT2D eigenvalue weighted by atomic mass is 16.5. The van der Waals surface area contributed by atoms with Crippen molar-refractivity contribution in [1.82, 2.24) is 10.2 Å². The first kappa shape index (κ1) is 23.1. The maximum Gasteiger partial charge on any atom is 0.258 e. The Morgan fingerprint density at radius 3 is 2.06 bits per heavy atom. The second kappa shape index (κ2) is 11.8. The summed E-state index contributed by atoms with van der Waals surface area (Å²) < 4.78 is 11.0. The zero-order valence-corrected chi connectivity index (χ0v) is 19.1. The van der Waals surface area contributed by atoms with Gasteiger partial charge in [-0.2, -0.15) is 0 Å². The Labute approximate surface area is 186 Å². The molecule has 2 aromatic rings. The Morgan fingerprint density at radius 2 is 1.48 bits per heavy atom. The fourth-order valence-corrected chi connectivity index (χ4v) is 4.05. The predicted molar refractivity (Wildman–Crippen MR) is 125 cm³/mol. The molecule has 5 nitrogen and oxygen atoms in total. The van der Waals surface area contributed by atoms with Gasteiger partial charge in [-0.05, 0) is 67.2 Å². The maximum atomic E-state index is 12.5. The molecule has 3 rings (SSSR count). The molecular formula is C26H36N2O3. The second-order valence-corrected chi connectivity index (χ2v) is 8.56. The van der Waals surface area contributed by atoms with Crippen LogP contribution in [0.25, 0.3) is 0 Å². The fraction of sp³-hybridized carbons (Fsp3) is 0.500. The second-order valence-electron chi connectivity index (χ2n) is 8.56. The molecule has 0 unspecified atom stereocenters. The number of methoxy groups -OCH3 is 1. The molecule has 0 aliphatic carbocycles. The number of hydrogen-bond donors (Lipinski definition) is 1. The van der Waals surface area contributed by atoms with Crippen molar-refractivity contribution in [1.29, 1.82) is 0 Å². The standard InChI is InChI=1S/C26H36N2O3/c1-20(2)21-8-14-24(15-9-21)31-19-26(29)27-18-25(28-16-6-4-5-7-17-28)22-10-12-23(30-3)13-11-22/h8-15,20,25H,4-7,16-19H2,1-3H3,(H,27,29)/t25-/m0/s1. The van der Waals surface area contributed by atoms with Crippen LogP contribution in [-0.2, 0) is 4.79 Å². The lowest BCUT2D eigenvalue weighted by molar-refractivity contribution is -0.123. The van der Waals surface area contributed by atoms with E-state index in [1.807, 2.05) is 24.3 Å². The third-order valence-electron chi connectivity index (χ3n) is 5.99. The first-order valence-electron chi connectivity index (χ1n) is 11.4. The summed E-state index contributed by atoms with van der Waals surface area (Å²) in [6.07, 6.45) is 4.97. The van der Waals surface area contributed by atoms with Crippen LogP contribution in [0.5, 0.6) is 11.5 Å². The third kappa shape index (κ3) is 7.00. The van der Waals surface area contributed by atoms with Crippen molar-refractivity contribution in [3.05, 3.63) is 59.7 Å². The molecule has 1 heterocycles. The molecule has 31 heavy (non-hydrogen) atoms. The quantitative estimate of drug-likeness (QED) is 0.620. The Balaban J connectivity index is 1.58. The van der Waals surface area contributed by atoms with Crippen molar-refractivity contribution in [2.75, 3.05) is 33.4 Å². The highest BCUT2D eigenvalue weighted by Gasteiger charge is 2.22. The van der Waals surface area contributed by atoms with Gasteiger partial charge in [0.05, 0.1) is 13.2 Å². The van der Waals surface area contributed by atoms with Crippen molar-refractivity contribution in [3.8, 4) is 11.5 Å². The molecule has 1 atom stereocenters. The van der Waals surface area contributed by atoms with Gasteiger partial charge < -0.3 is 14.8 Å². The number of hydrogen-bond acceptors (Lipinski definition) is 4. The van der Waals surface area contributed by atoms with Crippen LogP contribution in [0.3, 0.4) is 0 Å². The van der Waals surface area contributed by atoms with Crippen molar-refractivity contribution in [2.45, 2.75) is 51.5 Å². The molecule has 1 fully saturated rings. The molecule has 0 spiro atoms. The van der Waals surface area contributed by atoms with E-state index in [1.54, 1.807) is 7.11 Å². The summed E-state index contributed by atoms with van der Waals surface area (Å²) in [5, 5.41) is 3.09. The number of nitrogens with one attached hydrogen (secondary N) is 1. The van der Waals surface area contributed by atoms with Gasteiger partial charge in [0.2, 0.25) is 0 Å². The summed E-state index contributed by atoms with van der Waals surface area (Å²) in [7, 11) is 1.68. The summed E-state index contributed by atoms with van der Waals surface area (Å²) in [4.78, 5) is 15.0. The van der Waals surface area contributed by atoms with Crippen LogP contribution in [0, 0.1) is 0 Å². The van der Waals surface area contributed by atoms with Crippen LogP contribution in [0.4, 0.5) is 0 Å².